The van der Waals surface area contributed by atoms with Crippen LogP contribution in [0.25, 0.3) is 0 Å². The molecule has 4 rings (SSSR count). The lowest BCUT2D eigenvalue weighted by atomic mass is 9.92. The molecule has 154 valence electrons. The van der Waals surface area contributed by atoms with E-state index in [-0.39, 0.29) is 5.91 Å². The van der Waals surface area contributed by atoms with Crippen LogP contribution in [0.15, 0.2) is 53.7 Å². The second kappa shape index (κ2) is 7.74. The molecule has 1 amide bonds. The molecule has 7 heteroatoms. The van der Waals surface area contributed by atoms with Crippen molar-refractivity contribution in [3.8, 4) is 0 Å². The van der Waals surface area contributed by atoms with Gasteiger partial charge in [0.15, 0.2) is 0 Å². The number of amides is 1. The predicted molar refractivity (Wildman–Crippen MR) is 117 cm³/mol. The number of hydrogen-bond donors (Lipinski definition) is 2. The van der Waals surface area contributed by atoms with E-state index < -0.39 is 6.04 Å². The molecule has 0 aliphatic carbocycles. The molecule has 2 heterocycles. The van der Waals surface area contributed by atoms with Crippen LogP contribution in [0, 0.1) is 13.8 Å². The zero-order valence-electron chi connectivity index (χ0n) is 17.9. The van der Waals surface area contributed by atoms with Crippen molar-refractivity contribution < 1.29 is 4.79 Å². The van der Waals surface area contributed by atoms with Gasteiger partial charge in [0.25, 0.3) is 5.91 Å². The monoisotopic (exact) mass is 402 g/mol. The van der Waals surface area contributed by atoms with Gasteiger partial charge in [0.2, 0.25) is 5.95 Å². The van der Waals surface area contributed by atoms with Gasteiger partial charge in [-0.3, -0.25) is 4.79 Å². The normalized spacial score (nSPS) is 15.7. The summed E-state index contributed by atoms with van der Waals surface area (Å²) in [6.07, 6.45) is 0. The Kier molecular flexibility index (Phi) is 5.11. The molecule has 1 aliphatic heterocycles. The summed E-state index contributed by atoms with van der Waals surface area (Å²) in [4.78, 5) is 13.4. The average Bonchev–Trinajstić information content (AvgIpc) is 3.17. The van der Waals surface area contributed by atoms with Crippen LogP contribution in [0.5, 0.6) is 0 Å². The number of carbonyl (C=O) groups excluding carboxylic acids is 1. The Morgan fingerprint density at radius 2 is 1.83 bits per heavy atom. The quantitative estimate of drug-likeness (QED) is 0.678. The SMILES string of the molecule is CC1=C(C(=O)Nc2ccc(C)cc2C)C(c2ccc(C(C)C)cc2)n2nnnc2N1. The Bertz CT molecular complexity index is 1130. The maximum atomic E-state index is 13.4. The van der Waals surface area contributed by atoms with Crippen LogP contribution in [0.4, 0.5) is 11.6 Å². The first-order valence-corrected chi connectivity index (χ1v) is 10.1. The summed E-state index contributed by atoms with van der Waals surface area (Å²) >= 11 is 0. The van der Waals surface area contributed by atoms with Crippen LogP contribution in [-0.4, -0.2) is 26.1 Å². The number of tetrazole rings is 1. The van der Waals surface area contributed by atoms with E-state index >= 15 is 0 Å². The molecule has 1 aliphatic rings. The number of hydrogen-bond acceptors (Lipinski definition) is 5. The Labute approximate surface area is 176 Å². The number of anilines is 2. The summed E-state index contributed by atoms with van der Waals surface area (Å²) in [5, 5.41) is 18.2. The fraction of sp³-hybridized carbons (Fsp3) is 0.304. The molecule has 1 unspecified atom stereocenters. The molecule has 1 atom stereocenters. The standard InChI is InChI=1S/C23H26N6O/c1-13(2)17-7-9-18(10-8-17)21-20(16(5)24-23-26-27-28-29(21)23)22(30)25-19-11-6-14(3)12-15(19)4/h6-13,21H,1-5H3,(H,25,30)(H,24,26,28). The number of fused-ring (bicyclic) bond motifs is 1. The van der Waals surface area contributed by atoms with Crippen molar-refractivity contribution in [3.63, 3.8) is 0 Å². The molecule has 30 heavy (non-hydrogen) atoms. The van der Waals surface area contributed by atoms with Gasteiger partial charge in [-0.2, -0.15) is 4.68 Å². The number of aromatic nitrogens is 4. The lowest BCUT2D eigenvalue weighted by Gasteiger charge is -2.28. The second-order valence-electron chi connectivity index (χ2n) is 8.11. The summed E-state index contributed by atoms with van der Waals surface area (Å²) < 4.78 is 1.66. The van der Waals surface area contributed by atoms with E-state index in [1.807, 2.05) is 32.9 Å². The first kappa shape index (κ1) is 19.8. The van der Waals surface area contributed by atoms with Crippen LogP contribution < -0.4 is 10.6 Å². The van der Waals surface area contributed by atoms with Crippen LogP contribution in [-0.2, 0) is 4.79 Å². The van der Waals surface area contributed by atoms with Crippen molar-refractivity contribution in [1.29, 1.82) is 0 Å². The van der Waals surface area contributed by atoms with Gasteiger partial charge in [-0.1, -0.05) is 60.9 Å². The van der Waals surface area contributed by atoms with Crippen molar-refractivity contribution in [3.05, 3.63) is 76.0 Å². The maximum Gasteiger partial charge on any atom is 0.255 e. The fourth-order valence-corrected chi connectivity index (χ4v) is 3.82. The summed E-state index contributed by atoms with van der Waals surface area (Å²) in [5.74, 6) is 0.778. The molecular formula is C23H26N6O. The van der Waals surface area contributed by atoms with E-state index in [1.165, 1.54) is 5.56 Å². The summed E-state index contributed by atoms with van der Waals surface area (Å²) in [6, 6.07) is 13.9. The number of benzene rings is 2. The number of nitrogens with zero attached hydrogens (tertiary/aromatic N) is 4. The van der Waals surface area contributed by atoms with Crippen molar-refractivity contribution in [2.45, 2.75) is 46.6 Å². The van der Waals surface area contributed by atoms with Crippen LogP contribution in [0.1, 0.15) is 55.0 Å². The number of allylic oxidation sites excluding steroid dienone is 1. The van der Waals surface area contributed by atoms with Crippen LogP contribution >= 0.6 is 0 Å². The highest BCUT2D eigenvalue weighted by Crippen LogP contribution is 2.35. The topological polar surface area (TPSA) is 84.7 Å². The van der Waals surface area contributed by atoms with Crippen molar-refractivity contribution >= 4 is 17.5 Å². The molecule has 2 N–H and O–H groups in total. The van der Waals surface area contributed by atoms with E-state index in [2.05, 4.69) is 70.3 Å². The lowest BCUT2D eigenvalue weighted by molar-refractivity contribution is -0.113. The van der Waals surface area contributed by atoms with E-state index in [0.717, 1.165) is 28.1 Å². The van der Waals surface area contributed by atoms with Crippen molar-refractivity contribution in [2.75, 3.05) is 10.6 Å². The molecule has 0 saturated carbocycles. The van der Waals surface area contributed by atoms with Gasteiger partial charge in [0.05, 0.1) is 5.57 Å². The average molecular weight is 403 g/mol. The van der Waals surface area contributed by atoms with Gasteiger partial charge in [0, 0.05) is 11.4 Å². The van der Waals surface area contributed by atoms with E-state index in [9.17, 15) is 4.79 Å². The minimum Gasteiger partial charge on any atom is -0.326 e. The second-order valence-corrected chi connectivity index (χ2v) is 8.11. The molecule has 2 aromatic carbocycles. The van der Waals surface area contributed by atoms with Gasteiger partial charge in [-0.05, 0) is 59.9 Å². The minimum absolute atomic E-state index is 0.175. The maximum absolute atomic E-state index is 13.4. The van der Waals surface area contributed by atoms with E-state index in [1.54, 1.807) is 4.68 Å². The molecule has 0 saturated heterocycles. The van der Waals surface area contributed by atoms with Gasteiger partial charge in [-0.15, -0.1) is 0 Å². The molecule has 0 spiro atoms. The Morgan fingerprint density at radius 3 is 2.50 bits per heavy atom. The third kappa shape index (κ3) is 3.58. The van der Waals surface area contributed by atoms with Gasteiger partial charge >= 0.3 is 0 Å². The number of nitrogens with one attached hydrogen (secondary N) is 2. The van der Waals surface area contributed by atoms with Gasteiger partial charge < -0.3 is 10.6 Å². The molecule has 0 fully saturated rings. The Balaban J connectivity index is 1.74. The van der Waals surface area contributed by atoms with Crippen LogP contribution in [0.2, 0.25) is 0 Å². The van der Waals surface area contributed by atoms with Gasteiger partial charge in [-0.25, -0.2) is 0 Å². The van der Waals surface area contributed by atoms with Crippen molar-refractivity contribution in [2.24, 2.45) is 0 Å². The number of rotatable bonds is 4. The molecular weight excluding hydrogens is 376 g/mol. The lowest BCUT2D eigenvalue weighted by Crippen LogP contribution is -2.31. The van der Waals surface area contributed by atoms with Crippen LogP contribution in [0.3, 0.4) is 0 Å². The molecule has 7 nitrogen and oxygen atoms in total. The summed E-state index contributed by atoms with van der Waals surface area (Å²) in [5.41, 5.74) is 6.49. The zero-order valence-corrected chi connectivity index (χ0v) is 17.9. The highest BCUT2D eigenvalue weighted by atomic mass is 16.1. The van der Waals surface area contributed by atoms with E-state index in [4.69, 9.17) is 0 Å². The van der Waals surface area contributed by atoms with Gasteiger partial charge in [0.1, 0.15) is 6.04 Å². The molecule has 0 radical (unpaired) electrons. The summed E-state index contributed by atoms with van der Waals surface area (Å²) in [7, 11) is 0. The highest BCUT2D eigenvalue weighted by molar-refractivity contribution is 6.06. The Hall–Kier alpha value is -3.48. The third-order valence-electron chi connectivity index (χ3n) is 5.51. The first-order valence-electron chi connectivity index (χ1n) is 10.1. The summed E-state index contributed by atoms with van der Waals surface area (Å²) in [6.45, 7) is 10.2. The van der Waals surface area contributed by atoms with E-state index in [0.29, 0.717) is 17.4 Å². The fourth-order valence-electron chi connectivity index (χ4n) is 3.82. The van der Waals surface area contributed by atoms with Crippen molar-refractivity contribution in [1.82, 2.24) is 20.2 Å². The Morgan fingerprint density at radius 1 is 1.10 bits per heavy atom. The highest BCUT2D eigenvalue weighted by Gasteiger charge is 2.34. The smallest absolute Gasteiger partial charge is 0.255 e. The molecule has 3 aromatic rings. The number of carbonyl (C=O) groups is 1. The number of aryl methyl sites for hydroxylation is 2. The minimum atomic E-state index is -0.414. The largest absolute Gasteiger partial charge is 0.326 e. The predicted octanol–water partition coefficient (Wildman–Crippen LogP) is 4.34. The first-order chi connectivity index (χ1) is 14.3. The third-order valence-corrected chi connectivity index (χ3v) is 5.51. The molecule has 1 aromatic heterocycles. The zero-order chi connectivity index (χ0) is 21.4. The molecule has 0 bridgehead atoms.